The van der Waals surface area contributed by atoms with E-state index >= 15 is 0 Å². The lowest BCUT2D eigenvalue weighted by Gasteiger charge is -2.54. The molecule has 1 fully saturated rings. The van der Waals surface area contributed by atoms with E-state index in [1.54, 1.807) is 12.1 Å². The number of nitrogens with one attached hydrogen (secondary N) is 2. The second-order valence-corrected chi connectivity index (χ2v) is 11.3. The molecule has 192 valence electrons. The van der Waals surface area contributed by atoms with Crippen LogP contribution in [0, 0.1) is 11.8 Å². The number of carbonyl (C=O) groups excluding carboxylic acids is 4. The molecule has 1 heterocycles. The Morgan fingerprint density at radius 3 is 1.61 bits per heavy atom. The van der Waals surface area contributed by atoms with E-state index < -0.39 is 51.3 Å². The number of likely N-dealkylation sites (tertiary alicyclic amines) is 1. The van der Waals surface area contributed by atoms with Gasteiger partial charge in [-0.15, -0.1) is 23.2 Å². The van der Waals surface area contributed by atoms with Gasteiger partial charge in [0.1, 0.15) is 15.8 Å². The van der Waals surface area contributed by atoms with Crippen molar-refractivity contribution in [3.05, 3.63) is 106 Å². The average molecular weight is 569 g/mol. The number of halogens is 3. The number of imide groups is 1. The summed E-state index contributed by atoms with van der Waals surface area (Å²) in [4.78, 5) is 51.5. The zero-order valence-corrected chi connectivity index (χ0v) is 22.1. The van der Waals surface area contributed by atoms with E-state index in [0.717, 1.165) is 4.90 Å². The second kappa shape index (κ2) is 8.56. The van der Waals surface area contributed by atoms with Crippen molar-refractivity contribution in [3.63, 3.8) is 0 Å². The smallest absolute Gasteiger partial charge is 0.269 e. The molecule has 38 heavy (non-hydrogen) atoms. The van der Waals surface area contributed by atoms with Crippen molar-refractivity contribution in [1.82, 2.24) is 15.8 Å². The summed E-state index contributed by atoms with van der Waals surface area (Å²) in [6, 6.07) is 19.4. The number of hydrogen-bond acceptors (Lipinski definition) is 4. The molecule has 3 atom stereocenters. The zero-order valence-electron chi connectivity index (χ0n) is 19.9. The maximum atomic E-state index is 13.9. The minimum atomic E-state index is -1.34. The van der Waals surface area contributed by atoms with Gasteiger partial charge in [0.2, 0.25) is 11.8 Å². The molecular weight excluding hydrogens is 549 g/mol. The standard InChI is InChI=1S/C28H20Cl3N3O4/c1-14(23(35)32-33-24(36)15-10-12-16(29)13-11-15)34-25(37)21-22(26(34)38)28(31)18-7-3-2-6-17(18)27(21,30)19-8-4-5-9-20(19)28/h2-14,21-22H,1H3,(H,32,35)(H,33,36)/t14-,21-,22+,27?,28?/m1/s1. The molecule has 1 aliphatic heterocycles. The average Bonchev–Trinajstić information content (AvgIpc) is 3.21. The van der Waals surface area contributed by atoms with Gasteiger partial charge in [0.05, 0.1) is 11.8 Å². The lowest BCUT2D eigenvalue weighted by Crippen LogP contribution is -2.57. The van der Waals surface area contributed by atoms with Gasteiger partial charge in [0.25, 0.3) is 11.8 Å². The fourth-order valence-electron chi connectivity index (χ4n) is 6.08. The maximum Gasteiger partial charge on any atom is 0.269 e. The van der Waals surface area contributed by atoms with E-state index in [4.69, 9.17) is 34.8 Å². The van der Waals surface area contributed by atoms with Crippen LogP contribution < -0.4 is 10.9 Å². The van der Waals surface area contributed by atoms with Crippen molar-refractivity contribution in [1.29, 1.82) is 0 Å². The van der Waals surface area contributed by atoms with E-state index in [0.29, 0.717) is 27.3 Å². The normalized spacial score (nSPS) is 27.3. The van der Waals surface area contributed by atoms with Gasteiger partial charge >= 0.3 is 0 Å². The van der Waals surface area contributed by atoms with Gasteiger partial charge in [0.15, 0.2) is 0 Å². The van der Waals surface area contributed by atoms with Crippen LogP contribution in [0.4, 0.5) is 0 Å². The van der Waals surface area contributed by atoms with E-state index in [9.17, 15) is 19.2 Å². The number of hydrazine groups is 1. The van der Waals surface area contributed by atoms with Crippen LogP contribution in [-0.2, 0) is 24.1 Å². The SMILES string of the molecule is C[C@H](C(=O)NNC(=O)c1ccc(Cl)cc1)N1C(=O)[C@@H]2[C@H](C1=O)C1(Cl)c3ccccc3C2(Cl)c2ccccc21. The van der Waals surface area contributed by atoms with Crippen molar-refractivity contribution >= 4 is 58.4 Å². The molecule has 0 unspecified atom stereocenters. The predicted molar refractivity (Wildman–Crippen MR) is 142 cm³/mol. The first-order valence-corrected chi connectivity index (χ1v) is 13.1. The van der Waals surface area contributed by atoms with Gasteiger partial charge in [-0.25, -0.2) is 0 Å². The number of hydrogen-bond donors (Lipinski definition) is 2. The van der Waals surface area contributed by atoms with Crippen LogP contribution in [0.1, 0.15) is 39.5 Å². The third kappa shape index (κ3) is 3.16. The number of amides is 4. The monoisotopic (exact) mass is 567 g/mol. The third-order valence-corrected chi connectivity index (χ3v) is 9.33. The minimum absolute atomic E-state index is 0.266. The van der Waals surface area contributed by atoms with Crippen LogP contribution in [0.15, 0.2) is 72.8 Å². The highest BCUT2D eigenvalue weighted by Gasteiger charge is 2.73. The van der Waals surface area contributed by atoms with Gasteiger partial charge in [0, 0.05) is 10.6 Å². The van der Waals surface area contributed by atoms with Gasteiger partial charge < -0.3 is 0 Å². The van der Waals surface area contributed by atoms with Gasteiger partial charge in [-0.2, -0.15) is 0 Å². The first-order chi connectivity index (χ1) is 18.1. The van der Waals surface area contributed by atoms with Crippen molar-refractivity contribution in [2.24, 2.45) is 11.8 Å². The minimum Gasteiger partial charge on any atom is -0.274 e. The quantitative estimate of drug-likeness (QED) is 0.283. The molecule has 0 saturated carbocycles. The van der Waals surface area contributed by atoms with E-state index in [-0.39, 0.29) is 5.56 Å². The van der Waals surface area contributed by atoms with Crippen LogP contribution in [0.5, 0.6) is 0 Å². The molecular formula is C28H20Cl3N3O4. The summed E-state index contributed by atoms with van der Waals surface area (Å²) >= 11 is 20.6. The predicted octanol–water partition coefficient (Wildman–Crippen LogP) is 4.08. The highest BCUT2D eigenvalue weighted by Crippen LogP contribution is 2.69. The first-order valence-electron chi connectivity index (χ1n) is 11.9. The Bertz CT molecular complexity index is 1420. The summed E-state index contributed by atoms with van der Waals surface area (Å²) in [6.45, 7) is 1.42. The fourth-order valence-corrected chi connectivity index (χ4v) is 7.31. The molecule has 0 spiro atoms. The summed E-state index contributed by atoms with van der Waals surface area (Å²) in [5.74, 6) is -4.54. The number of alkyl halides is 2. The van der Waals surface area contributed by atoms with E-state index in [1.165, 1.54) is 19.1 Å². The number of nitrogens with zero attached hydrogens (tertiary/aromatic N) is 1. The molecule has 3 aromatic carbocycles. The lowest BCUT2D eigenvalue weighted by atomic mass is 9.54. The van der Waals surface area contributed by atoms with E-state index in [1.807, 2.05) is 48.5 Å². The zero-order chi connectivity index (χ0) is 27.0. The molecule has 7 nitrogen and oxygen atoms in total. The summed E-state index contributed by atoms with van der Waals surface area (Å²) in [5, 5.41) is 0.458. The summed E-state index contributed by atoms with van der Waals surface area (Å²) in [7, 11) is 0. The Kier molecular flexibility index (Phi) is 5.61. The second-order valence-electron chi connectivity index (χ2n) is 9.64. The Hall–Kier alpha value is -3.39. The van der Waals surface area contributed by atoms with Gasteiger partial charge in [-0.1, -0.05) is 60.1 Å². The van der Waals surface area contributed by atoms with Crippen LogP contribution >= 0.6 is 34.8 Å². The Morgan fingerprint density at radius 1 is 0.763 bits per heavy atom. The van der Waals surface area contributed by atoms with Crippen molar-refractivity contribution < 1.29 is 19.2 Å². The third-order valence-electron chi connectivity index (χ3n) is 7.79. The molecule has 2 N–H and O–H groups in total. The molecule has 7 rings (SSSR count). The highest BCUT2D eigenvalue weighted by molar-refractivity contribution is 6.36. The molecule has 3 aromatic rings. The molecule has 0 radical (unpaired) electrons. The Balaban J connectivity index is 1.33. The molecule has 1 saturated heterocycles. The van der Waals surface area contributed by atoms with Crippen molar-refractivity contribution in [2.45, 2.75) is 22.7 Å². The molecule has 4 aliphatic rings. The molecule has 2 bridgehead atoms. The molecule has 3 aliphatic carbocycles. The highest BCUT2D eigenvalue weighted by atomic mass is 35.5. The maximum absolute atomic E-state index is 13.9. The van der Waals surface area contributed by atoms with Crippen LogP contribution in [0.2, 0.25) is 5.02 Å². The Labute approximate surface area is 233 Å². The Morgan fingerprint density at radius 2 is 1.18 bits per heavy atom. The van der Waals surface area contributed by atoms with Crippen molar-refractivity contribution in [3.8, 4) is 0 Å². The number of benzene rings is 3. The largest absolute Gasteiger partial charge is 0.274 e. The summed E-state index contributed by atoms with van der Waals surface area (Å²) in [6.07, 6.45) is 0. The summed E-state index contributed by atoms with van der Waals surface area (Å²) in [5.41, 5.74) is 7.57. The van der Waals surface area contributed by atoms with Crippen LogP contribution in [-0.4, -0.2) is 34.6 Å². The van der Waals surface area contributed by atoms with Crippen LogP contribution in [0.3, 0.4) is 0 Å². The fraction of sp³-hybridized carbons (Fsp3) is 0.214. The summed E-state index contributed by atoms with van der Waals surface area (Å²) < 4.78 is 0. The van der Waals surface area contributed by atoms with Crippen LogP contribution in [0.25, 0.3) is 0 Å². The van der Waals surface area contributed by atoms with Gasteiger partial charge in [-0.05, 0) is 53.4 Å². The van der Waals surface area contributed by atoms with E-state index in [2.05, 4.69) is 10.9 Å². The topological polar surface area (TPSA) is 95.6 Å². The molecule has 4 amide bonds. The number of carbonyl (C=O) groups is 4. The number of rotatable bonds is 3. The first kappa shape index (κ1) is 24.9. The van der Waals surface area contributed by atoms with Crippen molar-refractivity contribution in [2.75, 3.05) is 0 Å². The molecule has 10 heteroatoms. The van der Waals surface area contributed by atoms with Gasteiger partial charge in [-0.3, -0.25) is 34.9 Å². The lowest BCUT2D eigenvalue weighted by molar-refractivity contribution is -0.147. The molecule has 0 aromatic heterocycles.